The lowest BCUT2D eigenvalue weighted by Crippen LogP contribution is -2.29. The van der Waals surface area contributed by atoms with Gasteiger partial charge in [0, 0.05) is 23.5 Å². The lowest BCUT2D eigenvalue weighted by Gasteiger charge is -2.09. The molecule has 144 valence electrons. The topological polar surface area (TPSA) is 87.6 Å². The van der Waals surface area contributed by atoms with E-state index in [1.807, 2.05) is 13.0 Å². The van der Waals surface area contributed by atoms with Crippen molar-refractivity contribution in [3.05, 3.63) is 45.6 Å². The number of amidine groups is 1. The Morgan fingerprint density at radius 1 is 1.30 bits per heavy atom. The number of sulfonamides is 1. The first-order chi connectivity index (χ1) is 12.9. The Hall–Kier alpha value is -2.19. The summed E-state index contributed by atoms with van der Waals surface area (Å²) in [5.74, 6) is 0.259. The summed E-state index contributed by atoms with van der Waals surface area (Å²) >= 11 is 1.45. The van der Waals surface area contributed by atoms with Crippen molar-refractivity contribution in [2.24, 2.45) is 4.99 Å². The number of rotatable bonds is 6. The van der Waals surface area contributed by atoms with Crippen molar-refractivity contribution in [2.75, 3.05) is 11.9 Å². The van der Waals surface area contributed by atoms with Gasteiger partial charge in [-0.3, -0.25) is 14.5 Å². The fourth-order valence-electron chi connectivity index (χ4n) is 2.92. The highest BCUT2D eigenvalue weighted by Crippen LogP contribution is 2.24. The fraction of sp³-hybridized carbons (Fsp3) is 0.368. The lowest BCUT2D eigenvalue weighted by atomic mass is 10.1. The average Bonchev–Trinajstić information content (AvgIpc) is 3.25. The Labute approximate surface area is 163 Å². The van der Waals surface area contributed by atoms with Gasteiger partial charge in [-0.15, -0.1) is 11.3 Å². The molecule has 0 saturated heterocycles. The zero-order chi connectivity index (χ0) is 19.4. The lowest BCUT2D eigenvalue weighted by molar-refractivity contribution is 0.103. The molecule has 1 aliphatic heterocycles. The summed E-state index contributed by atoms with van der Waals surface area (Å²) in [5, 5.41) is 2.80. The van der Waals surface area contributed by atoms with Gasteiger partial charge in [0.2, 0.25) is 0 Å². The summed E-state index contributed by atoms with van der Waals surface area (Å²) in [6, 6.07) is 8.17. The maximum Gasteiger partial charge on any atom is 0.265 e. The van der Waals surface area contributed by atoms with Crippen molar-refractivity contribution in [3.8, 4) is 0 Å². The van der Waals surface area contributed by atoms with E-state index in [2.05, 4.69) is 22.0 Å². The van der Waals surface area contributed by atoms with Crippen molar-refractivity contribution in [3.63, 3.8) is 0 Å². The van der Waals surface area contributed by atoms with Crippen LogP contribution in [-0.4, -0.2) is 26.7 Å². The van der Waals surface area contributed by atoms with Gasteiger partial charge in [0.25, 0.3) is 15.9 Å². The van der Waals surface area contributed by atoms with Crippen molar-refractivity contribution in [2.45, 2.75) is 44.4 Å². The second kappa shape index (κ2) is 8.22. The monoisotopic (exact) mass is 405 g/mol. The number of hydrogen-bond donors (Lipinski definition) is 2. The molecule has 1 amide bonds. The molecule has 0 spiro atoms. The van der Waals surface area contributed by atoms with E-state index in [9.17, 15) is 13.2 Å². The number of hydrogen-bond acceptors (Lipinski definition) is 5. The fourth-order valence-corrected chi connectivity index (χ4v) is 5.02. The minimum absolute atomic E-state index is 0.101. The number of anilines is 1. The third kappa shape index (κ3) is 4.75. The third-order valence-corrected chi connectivity index (χ3v) is 6.76. The Balaban J connectivity index is 1.75. The average molecular weight is 406 g/mol. The Kier molecular flexibility index (Phi) is 5.96. The molecule has 6 nitrogen and oxygen atoms in total. The third-order valence-electron chi connectivity index (χ3n) is 4.29. The van der Waals surface area contributed by atoms with Crippen molar-refractivity contribution < 1.29 is 13.2 Å². The Morgan fingerprint density at radius 3 is 2.81 bits per heavy atom. The summed E-state index contributed by atoms with van der Waals surface area (Å²) in [6.45, 7) is 4.76. The first kappa shape index (κ1) is 19.6. The molecule has 2 N–H and O–H groups in total. The number of aryl methyl sites for hydroxylation is 2. The van der Waals surface area contributed by atoms with Crippen molar-refractivity contribution in [1.82, 2.24) is 4.72 Å². The van der Waals surface area contributed by atoms with E-state index in [1.165, 1.54) is 29.0 Å². The molecular formula is C19H23N3O3S2. The number of thiophene rings is 1. The van der Waals surface area contributed by atoms with Gasteiger partial charge >= 0.3 is 0 Å². The van der Waals surface area contributed by atoms with Crippen LogP contribution in [0.1, 0.15) is 46.3 Å². The normalized spacial score (nSPS) is 14.1. The number of nitrogens with zero attached hydrogens (tertiary/aromatic N) is 1. The first-order valence-electron chi connectivity index (χ1n) is 8.96. The number of carbonyl (C=O) groups excluding carboxylic acids is 1. The highest BCUT2D eigenvalue weighted by Gasteiger charge is 2.19. The maximum atomic E-state index is 12.5. The molecule has 3 rings (SSSR count). The predicted octanol–water partition coefficient (Wildman–Crippen LogP) is 3.73. The van der Waals surface area contributed by atoms with Gasteiger partial charge in [-0.05, 0) is 49.6 Å². The Bertz CT molecular complexity index is 978. The molecule has 1 aromatic heterocycles. The minimum Gasteiger partial charge on any atom is -0.321 e. The van der Waals surface area contributed by atoms with Crippen LogP contribution in [0.5, 0.6) is 0 Å². The maximum absolute atomic E-state index is 12.5. The van der Waals surface area contributed by atoms with Gasteiger partial charge in [-0.25, -0.2) is 8.42 Å². The van der Waals surface area contributed by atoms with E-state index in [4.69, 9.17) is 0 Å². The molecule has 8 heteroatoms. The van der Waals surface area contributed by atoms with Crippen LogP contribution in [0.3, 0.4) is 0 Å². The number of aliphatic imine (C=N–C) groups is 1. The summed E-state index contributed by atoms with van der Waals surface area (Å²) in [6.07, 6.45) is 3.46. The quantitative estimate of drug-likeness (QED) is 0.767. The molecule has 0 aliphatic carbocycles. The molecule has 0 fully saturated rings. The van der Waals surface area contributed by atoms with Gasteiger partial charge in [-0.1, -0.05) is 19.4 Å². The molecule has 0 unspecified atom stereocenters. The number of nitrogens with one attached hydrogen (secondary N) is 2. The van der Waals surface area contributed by atoms with Crippen LogP contribution < -0.4 is 10.0 Å². The van der Waals surface area contributed by atoms with Crippen molar-refractivity contribution in [1.29, 1.82) is 0 Å². The van der Waals surface area contributed by atoms with Crippen LogP contribution in [0, 0.1) is 6.92 Å². The molecule has 1 aromatic carbocycles. The number of amides is 1. The van der Waals surface area contributed by atoms with Crippen LogP contribution in [-0.2, 0) is 16.4 Å². The summed E-state index contributed by atoms with van der Waals surface area (Å²) in [7, 11) is -3.71. The highest BCUT2D eigenvalue weighted by atomic mass is 32.2. The van der Waals surface area contributed by atoms with E-state index < -0.39 is 10.0 Å². The van der Waals surface area contributed by atoms with Crippen LogP contribution in [0.15, 0.2) is 40.2 Å². The van der Waals surface area contributed by atoms with E-state index in [1.54, 1.807) is 12.1 Å². The largest absolute Gasteiger partial charge is 0.321 e. The smallest absolute Gasteiger partial charge is 0.265 e. The van der Waals surface area contributed by atoms with E-state index in [0.29, 0.717) is 29.4 Å². The molecule has 0 radical (unpaired) electrons. The molecule has 2 heterocycles. The van der Waals surface area contributed by atoms with Crippen LogP contribution in [0.4, 0.5) is 5.69 Å². The summed E-state index contributed by atoms with van der Waals surface area (Å²) in [4.78, 5) is 18.5. The van der Waals surface area contributed by atoms with Crippen LogP contribution >= 0.6 is 11.3 Å². The van der Waals surface area contributed by atoms with E-state index >= 15 is 0 Å². The zero-order valence-corrected chi connectivity index (χ0v) is 17.0. The van der Waals surface area contributed by atoms with E-state index in [0.717, 1.165) is 24.1 Å². The molecular weight excluding hydrogens is 382 g/mol. The minimum atomic E-state index is -3.71. The predicted molar refractivity (Wildman–Crippen MR) is 109 cm³/mol. The molecule has 2 aromatic rings. The van der Waals surface area contributed by atoms with Crippen LogP contribution in [0.25, 0.3) is 0 Å². The van der Waals surface area contributed by atoms with Crippen LogP contribution in [0.2, 0.25) is 0 Å². The van der Waals surface area contributed by atoms with Crippen molar-refractivity contribution >= 4 is 38.8 Å². The van der Waals surface area contributed by atoms with Gasteiger partial charge in [-0.2, -0.15) is 0 Å². The van der Waals surface area contributed by atoms with Gasteiger partial charge in [0.05, 0.1) is 9.77 Å². The van der Waals surface area contributed by atoms with E-state index in [-0.39, 0.29) is 10.8 Å². The van der Waals surface area contributed by atoms with Gasteiger partial charge in [0.1, 0.15) is 5.84 Å². The van der Waals surface area contributed by atoms with Gasteiger partial charge in [0.15, 0.2) is 0 Å². The zero-order valence-electron chi connectivity index (χ0n) is 15.4. The second-order valence-electron chi connectivity index (χ2n) is 6.46. The molecule has 0 atom stereocenters. The second-order valence-corrected chi connectivity index (χ2v) is 9.40. The standard InChI is InChI=1S/C19H23N3O3S2/c1-3-6-14-11-17(26-13(14)2)19(23)21-15-7-4-8-16(12-15)27(24,25)22-18-9-5-10-20-18/h4,7-8,11-12H,3,5-6,9-10H2,1-2H3,(H,20,22)(H,21,23). The number of benzene rings is 1. The highest BCUT2D eigenvalue weighted by molar-refractivity contribution is 7.90. The SMILES string of the molecule is CCCc1cc(C(=O)Nc2cccc(S(=O)(=O)NC3=NCCC3)c2)sc1C. The Morgan fingerprint density at radius 2 is 2.11 bits per heavy atom. The summed E-state index contributed by atoms with van der Waals surface area (Å²) in [5.41, 5.74) is 1.63. The molecule has 27 heavy (non-hydrogen) atoms. The van der Waals surface area contributed by atoms with Gasteiger partial charge < -0.3 is 5.32 Å². The molecule has 1 aliphatic rings. The molecule has 0 bridgehead atoms. The molecule has 0 saturated carbocycles. The summed E-state index contributed by atoms with van der Waals surface area (Å²) < 4.78 is 27.5. The first-order valence-corrected chi connectivity index (χ1v) is 11.3. The number of carbonyl (C=O) groups is 1.